The molecule has 0 bridgehead atoms. The molecule has 1 saturated heterocycles. The molecular formula is C27H29N3O4. The van der Waals surface area contributed by atoms with Crippen LogP contribution in [0.3, 0.4) is 0 Å². The summed E-state index contributed by atoms with van der Waals surface area (Å²) in [6.45, 7) is 3.15. The highest BCUT2D eigenvalue weighted by Crippen LogP contribution is 2.19. The van der Waals surface area contributed by atoms with Crippen molar-refractivity contribution in [1.29, 1.82) is 5.41 Å². The maximum Gasteiger partial charge on any atom is 0.343 e. The third-order valence-electron chi connectivity index (χ3n) is 5.85. The van der Waals surface area contributed by atoms with Gasteiger partial charge in [0.1, 0.15) is 11.8 Å². The number of fused-ring (bicyclic) bond motifs is 1. The largest absolute Gasteiger partial charge is 0.462 e. The number of aromatic nitrogens is 1. The minimum absolute atomic E-state index is 0.0325. The molecule has 1 unspecified atom stereocenters. The van der Waals surface area contributed by atoms with Gasteiger partial charge < -0.3 is 24.8 Å². The first-order chi connectivity index (χ1) is 16.6. The van der Waals surface area contributed by atoms with Crippen LogP contribution < -0.4 is 10.7 Å². The average molecular weight is 460 g/mol. The first-order valence-electron chi connectivity index (χ1n) is 11.6. The number of carbonyl (C=O) groups is 1. The Labute approximate surface area is 198 Å². The van der Waals surface area contributed by atoms with Crippen molar-refractivity contribution < 1.29 is 14.3 Å². The van der Waals surface area contributed by atoms with Crippen LogP contribution in [0.5, 0.6) is 0 Å². The SMILES string of the molecule is CCOC(=O)c1cn(Cc2ccc(/C(=C/C=N)NC3CCCCO3)cc2)c2ccccc2c1=O. The third-order valence-corrected chi connectivity index (χ3v) is 5.85. The zero-order valence-corrected chi connectivity index (χ0v) is 19.3. The van der Waals surface area contributed by atoms with Crippen molar-refractivity contribution in [2.75, 3.05) is 13.2 Å². The Morgan fingerprint density at radius 2 is 2.00 bits per heavy atom. The second-order valence-electron chi connectivity index (χ2n) is 8.18. The molecule has 2 heterocycles. The fourth-order valence-electron chi connectivity index (χ4n) is 4.16. The molecule has 1 atom stereocenters. The molecule has 7 nitrogen and oxygen atoms in total. The molecule has 1 aliphatic rings. The van der Waals surface area contributed by atoms with Crippen LogP contribution >= 0.6 is 0 Å². The summed E-state index contributed by atoms with van der Waals surface area (Å²) in [5, 5.41) is 11.4. The molecule has 3 aromatic rings. The van der Waals surface area contributed by atoms with E-state index >= 15 is 0 Å². The summed E-state index contributed by atoms with van der Waals surface area (Å²) in [5.74, 6) is -0.611. The van der Waals surface area contributed by atoms with Gasteiger partial charge in [-0.1, -0.05) is 36.4 Å². The smallest absolute Gasteiger partial charge is 0.343 e. The summed E-state index contributed by atoms with van der Waals surface area (Å²) in [5.41, 5.74) is 3.27. The van der Waals surface area contributed by atoms with Gasteiger partial charge >= 0.3 is 5.97 Å². The first-order valence-corrected chi connectivity index (χ1v) is 11.6. The number of hydrogen-bond donors (Lipinski definition) is 2. The molecule has 1 fully saturated rings. The number of para-hydroxylation sites is 1. The summed E-state index contributed by atoms with van der Waals surface area (Å²) in [6.07, 6.45) is 7.67. The highest BCUT2D eigenvalue weighted by atomic mass is 16.5. The minimum atomic E-state index is -0.611. The molecule has 0 amide bonds. The number of nitrogens with one attached hydrogen (secondary N) is 2. The van der Waals surface area contributed by atoms with Crippen LogP contribution in [0.2, 0.25) is 0 Å². The van der Waals surface area contributed by atoms with Gasteiger partial charge in [-0.15, -0.1) is 0 Å². The number of hydrogen-bond acceptors (Lipinski definition) is 6. The molecule has 2 N–H and O–H groups in total. The van der Waals surface area contributed by atoms with Crippen LogP contribution in [0.4, 0.5) is 0 Å². The van der Waals surface area contributed by atoms with Crippen LogP contribution in [0, 0.1) is 5.41 Å². The van der Waals surface area contributed by atoms with E-state index in [9.17, 15) is 9.59 Å². The van der Waals surface area contributed by atoms with Crippen LogP contribution in [0.15, 0.2) is 65.6 Å². The average Bonchev–Trinajstić information content (AvgIpc) is 2.87. The summed E-state index contributed by atoms with van der Waals surface area (Å²) in [7, 11) is 0. The predicted octanol–water partition coefficient (Wildman–Crippen LogP) is 4.33. The van der Waals surface area contributed by atoms with Gasteiger partial charge in [0, 0.05) is 36.6 Å². The van der Waals surface area contributed by atoms with Gasteiger partial charge in [-0.3, -0.25) is 4.79 Å². The van der Waals surface area contributed by atoms with E-state index < -0.39 is 5.97 Å². The topological polar surface area (TPSA) is 93.4 Å². The Bertz CT molecular complexity index is 1260. The van der Waals surface area contributed by atoms with Crippen LogP contribution in [0.25, 0.3) is 16.6 Å². The molecule has 0 saturated carbocycles. The fraction of sp³-hybridized carbons (Fsp3) is 0.296. The van der Waals surface area contributed by atoms with Gasteiger partial charge in [0.15, 0.2) is 0 Å². The van der Waals surface area contributed by atoms with Crippen molar-refractivity contribution in [3.05, 3.63) is 87.7 Å². The third kappa shape index (κ3) is 5.26. The van der Waals surface area contributed by atoms with Gasteiger partial charge in [0.25, 0.3) is 0 Å². The van der Waals surface area contributed by atoms with Crippen molar-refractivity contribution in [3.63, 3.8) is 0 Å². The van der Waals surface area contributed by atoms with E-state index in [1.807, 2.05) is 41.0 Å². The molecule has 1 aromatic heterocycles. The number of benzene rings is 2. The number of nitrogens with zero attached hydrogens (tertiary/aromatic N) is 1. The van der Waals surface area contributed by atoms with Crippen LogP contribution in [-0.2, 0) is 16.0 Å². The number of rotatable bonds is 8. The van der Waals surface area contributed by atoms with Gasteiger partial charge in [-0.05, 0) is 55.5 Å². The Morgan fingerprint density at radius 1 is 1.21 bits per heavy atom. The summed E-state index contributed by atoms with van der Waals surface area (Å²) < 4.78 is 12.8. The first kappa shape index (κ1) is 23.4. The Kier molecular flexibility index (Phi) is 7.54. The molecule has 176 valence electrons. The summed E-state index contributed by atoms with van der Waals surface area (Å²) in [4.78, 5) is 25.2. The van der Waals surface area contributed by atoms with Crippen molar-refractivity contribution in [2.45, 2.75) is 39.0 Å². The lowest BCUT2D eigenvalue weighted by Gasteiger charge is -2.26. The van der Waals surface area contributed by atoms with Crippen LogP contribution in [-0.4, -0.2) is 36.2 Å². The maximum atomic E-state index is 12.8. The molecule has 7 heteroatoms. The number of esters is 1. The van der Waals surface area contributed by atoms with Crippen molar-refractivity contribution >= 4 is 28.8 Å². The second-order valence-corrected chi connectivity index (χ2v) is 8.18. The summed E-state index contributed by atoms with van der Waals surface area (Å²) in [6, 6.07) is 15.3. The van der Waals surface area contributed by atoms with E-state index in [1.54, 1.807) is 31.3 Å². The zero-order chi connectivity index (χ0) is 23.9. The highest BCUT2D eigenvalue weighted by molar-refractivity contribution is 5.93. The molecule has 0 aliphatic carbocycles. The predicted molar refractivity (Wildman–Crippen MR) is 133 cm³/mol. The number of carbonyl (C=O) groups excluding carboxylic acids is 1. The number of allylic oxidation sites excluding steroid dienone is 1. The number of pyridine rings is 1. The lowest BCUT2D eigenvalue weighted by Crippen LogP contribution is -2.33. The van der Waals surface area contributed by atoms with Crippen molar-refractivity contribution in [3.8, 4) is 0 Å². The molecule has 1 aliphatic heterocycles. The molecule has 0 radical (unpaired) electrons. The Balaban J connectivity index is 1.61. The number of ether oxygens (including phenoxy) is 2. The van der Waals surface area contributed by atoms with E-state index in [0.717, 1.165) is 48.2 Å². The monoisotopic (exact) mass is 459 g/mol. The molecular weight excluding hydrogens is 430 g/mol. The maximum absolute atomic E-state index is 12.8. The second kappa shape index (κ2) is 10.9. The zero-order valence-electron chi connectivity index (χ0n) is 19.3. The van der Waals surface area contributed by atoms with Gasteiger partial charge in [-0.25, -0.2) is 4.79 Å². The van der Waals surface area contributed by atoms with E-state index in [0.29, 0.717) is 11.9 Å². The molecule has 34 heavy (non-hydrogen) atoms. The van der Waals surface area contributed by atoms with Gasteiger partial charge in [-0.2, -0.15) is 0 Å². The van der Waals surface area contributed by atoms with Crippen LogP contribution in [0.1, 0.15) is 47.7 Å². The molecule has 0 spiro atoms. The minimum Gasteiger partial charge on any atom is -0.462 e. The molecule has 4 rings (SSSR count). The fourth-order valence-corrected chi connectivity index (χ4v) is 4.16. The van der Waals surface area contributed by atoms with Crippen molar-refractivity contribution in [2.24, 2.45) is 0 Å². The van der Waals surface area contributed by atoms with E-state index in [4.69, 9.17) is 14.9 Å². The van der Waals surface area contributed by atoms with Gasteiger partial charge in [0.2, 0.25) is 5.43 Å². The van der Waals surface area contributed by atoms with E-state index in [1.165, 1.54) is 6.21 Å². The molecule has 2 aromatic carbocycles. The highest BCUT2D eigenvalue weighted by Gasteiger charge is 2.17. The Morgan fingerprint density at radius 3 is 2.71 bits per heavy atom. The van der Waals surface area contributed by atoms with E-state index in [-0.39, 0.29) is 23.8 Å². The Hall–Kier alpha value is -3.71. The van der Waals surface area contributed by atoms with Crippen molar-refractivity contribution in [1.82, 2.24) is 9.88 Å². The summed E-state index contributed by atoms with van der Waals surface area (Å²) >= 11 is 0. The van der Waals surface area contributed by atoms with Gasteiger partial charge in [0.05, 0.1) is 12.1 Å². The standard InChI is InChI=1S/C27H29N3O4/c1-2-33-27(32)22-18-30(24-8-4-3-7-21(24)26(22)31)17-19-10-12-20(13-11-19)23(14-15-28)29-25-9-5-6-16-34-25/h3-4,7-8,10-15,18,25,28-29H,2,5-6,9,16-17H2,1H3/b23-14-,28-15?. The quantitative estimate of drug-likeness (QED) is 0.386. The lowest BCUT2D eigenvalue weighted by molar-refractivity contribution is 0.00533. The van der Waals surface area contributed by atoms with E-state index in [2.05, 4.69) is 5.32 Å². The lowest BCUT2D eigenvalue weighted by atomic mass is 10.1. The normalized spacial score (nSPS) is 16.3.